The van der Waals surface area contributed by atoms with Crippen LogP contribution in [0.2, 0.25) is 0 Å². The van der Waals surface area contributed by atoms with Gasteiger partial charge in [-0.25, -0.2) is 0 Å². The molecule has 1 saturated heterocycles. The van der Waals surface area contributed by atoms with Gasteiger partial charge in [0.2, 0.25) is 0 Å². The summed E-state index contributed by atoms with van der Waals surface area (Å²) in [6, 6.07) is 6.27. The van der Waals surface area contributed by atoms with E-state index in [-0.39, 0.29) is 5.92 Å². The molecule has 4 heteroatoms. The summed E-state index contributed by atoms with van der Waals surface area (Å²) >= 11 is 0. The highest BCUT2D eigenvalue weighted by Gasteiger charge is 2.25. The normalized spacial score (nSPS) is 19.4. The fraction of sp³-hybridized carbons (Fsp3) is 0.588. The number of carboxylic acids is 1. The molecule has 4 nitrogen and oxygen atoms in total. The van der Waals surface area contributed by atoms with Crippen molar-refractivity contribution in [3.8, 4) is 5.75 Å². The zero-order chi connectivity index (χ0) is 15.2. The van der Waals surface area contributed by atoms with Crippen LogP contribution in [-0.4, -0.2) is 42.2 Å². The van der Waals surface area contributed by atoms with Crippen molar-refractivity contribution in [1.82, 2.24) is 4.90 Å². The van der Waals surface area contributed by atoms with E-state index in [1.807, 2.05) is 13.0 Å². The number of piperidine rings is 1. The maximum absolute atomic E-state index is 11.1. The number of hydrogen-bond acceptors (Lipinski definition) is 3. The summed E-state index contributed by atoms with van der Waals surface area (Å²) in [5.41, 5.74) is 2.45. The van der Waals surface area contributed by atoms with Crippen molar-refractivity contribution in [2.24, 2.45) is 5.92 Å². The maximum atomic E-state index is 11.1. The molecule has 1 aliphatic rings. The van der Waals surface area contributed by atoms with Gasteiger partial charge in [0.1, 0.15) is 5.75 Å². The lowest BCUT2D eigenvalue weighted by atomic mass is 9.97. The molecule has 0 radical (unpaired) electrons. The number of likely N-dealkylation sites (tertiary alicyclic amines) is 1. The predicted molar refractivity (Wildman–Crippen MR) is 82.9 cm³/mol. The first-order chi connectivity index (χ1) is 10.1. The number of ether oxygens (including phenoxy) is 1. The molecule has 116 valence electrons. The topological polar surface area (TPSA) is 49.8 Å². The average Bonchev–Trinajstić information content (AvgIpc) is 2.48. The molecule has 1 aromatic carbocycles. The van der Waals surface area contributed by atoms with Crippen LogP contribution < -0.4 is 4.74 Å². The maximum Gasteiger partial charge on any atom is 0.307 e. The molecule has 0 aliphatic carbocycles. The third-order valence-corrected chi connectivity index (χ3v) is 4.07. The quantitative estimate of drug-likeness (QED) is 0.875. The van der Waals surface area contributed by atoms with Gasteiger partial charge in [0.05, 0.1) is 12.5 Å². The van der Waals surface area contributed by atoms with E-state index in [0.29, 0.717) is 13.2 Å². The van der Waals surface area contributed by atoms with Crippen molar-refractivity contribution in [2.45, 2.75) is 33.1 Å². The largest absolute Gasteiger partial charge is 0.494 e. The number of benzene rings is 1. The lowest BCUT2D eigenvalue weighted by Crippen LogP contribution is -2.39. The highest BCUT2D eigenvalue weighted by Crippen LogP contribution is 2.22. The van der Waals surface area contributed by atoms with Gasteiger partial charge >= 0.3 is 5.97 Å². The minimum Gasteiger partial charge on any atom is -0.494 e. The van der Waals surface area contributed by atoms with Gasteiger partial charge in [0.25, 0.3) is 0 Å². The molecule has 0 amide bonds. The van der Waals surface area contributed by atoms with Crippen LogP contribution in [0.15, 0.2) is 18.2 Å². The number of aliphatic carboxylic acids is 1. The number of carboxylic acid groups (broad SMARTS) is 1. The van der Waals surface area contributed by atoms with E-state index in [1.54, 1.807) is 0 Å². The SMILES string of the molecule is CCOc1ccc(C)cc1CCN1CCCC(C(=O)O)C1. The lowest BCUT2D eigenvalue weighted by Gasteiger charge is -2.30. The van der Waals surface area contributed by atoms with Crippen LogP contribution >= 0.6 is 0 Å². The van der Waals surface area contributed by atoms with E-state index in [1.165, 1.54) is 11.1 Å². The molecule has 1 atom stereocenters. The fourth-order valence-electron chi connectivity index (χ4n) is 2.94. The molecule has 1 unspecified atom stereocenters. The van der Waals surface area contributed by atoms with Gasteiger partial charge in [0, 0.05) is 13.1 Å². The van der Waals surface area contributed by atoms with Gasteiger partial charge in [-0.05, 0) is 51.3 Å². The standard InChI is InChI=1S/C17H25NO3/c1-3-21-16-7-6-13(2)11-14(16)8-10-18-9-4-5-15(12-18)17(19)20/h6-7,11,15H,3-5,8-10,12H2,1-2H3,(H,19,20). The minimum atomic E-state index is -0.662. The lowest BCUT2D eigenvalue weighted by molar-refractivity contribution is -0.143. The van der Waals surface area contributed by atoms with Gasteiger partial charge in [-0.3, -0.25) is 4.79 Å². The molecule has 21 heavy (non-hydrogen) atoms. The van der Waals surface area contributed by atoms with E-state index in [9.17, 15) is 4.79 Å². The van der Waals surface area contributed by atoms with Gasteiger partial charge in [-0.1, -0.05) is 17.7 Å². The predicted octanol–water partition coefficient (Wildman–Crippen LogP) is 2.73. The summed E-state index contributed by atoms with van der Waals surface area (Å²) < 4.78 is 5.68. The van der Waals surface area contributed by atoms with E-state index in [0.717, 1.165) is 38.1 Å². The monoisotopic (exact) mass is 291 g/mol. The van der Waals surface area contributed by atoms with Crippen LogP contribution in [0.4, 0.5) is 0 Å². The smallest absolute Gasteiger partial charge is 0.307 e. The number of rotatable bonds is 6. The Morgan fingerprint density at radius 3 is 3.00 bits per heavy atom. The summed E-state index contributed by atoms with van der Waals surface area (Å²) in [7, 11) is 0. The van der Waals surface area contributed by atoms with Crippen molar-refractivity contribution in [1.29, 1.82) is 0 Å². The van der Waals surface area contributed by atoms with Gasteiger partial charge in [-0.15, -0.1) is 0 Å². The van der Waals surface area contributed by atoms with Crippen molar-refractivity contribution < 1.29 is 14.6 Å². The Bertz CT molecular complexity index is 487. The molecule has 1 heterocycles. The van der Waals surface area contributed by atoms with Crippen molar-refractivity contribution in [3.63, 3.8) is 0 Å². The summed E-state index contributed by atoms with van der Waals surface area (Å²) in [5.74, 6) is 0.0859. The number of hydrogen-bond donors (Lipinski definition) is 1. The molecule has 0 bridgehead atoms. The van der Waals surface area contributed by atoms with Crippen LogP contribution in [0.3, 0.4) is 0 Å². The Kier molecular flexibility index (Phi) is 5.62. The average molecular weight is 291 g/mol. The number of aryl methyl sites for hydroxylation is 1. The van der Waals surface area contributed by atoms with Crippen LogP contribution in [0.1, 0.15) is 30.9 Å². The third kappa shape index (κ3) is 4.46. The molecule has 1 N–H and O–H groups in total. The minimum absolute atomic E-state index is 0.206. The van der Waals surface area contributed by atoms with Crippen molar-refractivity contribution >= 4 is 5.97 Å². The second-order valence-electron chi connectivity index (χ2n) is 5.77. The molecule has 0 aromatic heterocycles. The molecule has 1 fully saturated rings. The van der Waals surface area contributed by atoms with E-state index in [4.69, 9.17) is 9.84 Å². The van der Waals surface area contributed by atoms with Gasteiger partial charge in [-0.2, -0.15) is 0 Å². The fourth-order valence-corrected chi connectivity index (χ4v) is 2.94. The van der Waals surface area contributed by atoms with Crippen molar-refractivity contribution in [2.75, 3.05) is 26.2 Å². The highest BCUT2D eigenvalue weighted by molar-refractivity contribution is 5.70. The van der Waals surface area contributed by atoms with Gasteiger partial charge < -0.3 is 14.7 Å². The summed E-state index contributed by atoms with van der Waals surface area (Å²) in [5, 5.41) is 9.15. The number of carbonyl (C=O) groups is 1. The molecule has 2 rings (SSSR count). The Morgan fingerprint density at radius 1 is 1.48 bits per heavy atom. The third-order valence-electron chi connectivity index (χ3n) is 4.07. The molecular weight excluding hydrogens is 266 g/mol. The van der Waals surface area contributed by atoms with E-state index in [2.05, 4.69) is 24.0 Å². The van der Waals surface area contributed by atoms with Crippen molar-refractivity contribution in [3.05, 3.63) is 29.3 Å². The summed E-state index contributed by atoms with van der Waals surface area (Å²) in [6.45, 7) is 7.31. The Morgan fingerprint density at radius 2 is 2.29 bits per heavy atom. The molecule has 1 aromatic rings. The van der Waals surface area contributed by atoms with Crippen LogP contribution in [0, 0.1) is 12.8 Å². The second kappa shape index (κ2) is 7.46. The van der Waals surface area contributed by atoms with E-state index >= 15 is 0 Å². The van der Waals surface area contributed by atoms with Crippen LogP contribution in [0.5, 0.6) is 5.75 Å². The van der Waals surface area contributed by atoms with E-state index < -0.39 is 5.97 Å². The summed E-state index contributed by atoms with van der Waals surface area (Å²) in [4.78, 5) is 13.4. The highest BCUT2D eigenvalue weighted by atomic mass is 16.5. The Labute approximate surface area is 126 Å². The van der Waals surface area contributed by atoms with Gasteiger partial charge in [0.15, 0.2) is 0 Å². The Balaban J connectivity index is 1.96. The molecular formula is C17H25NO3. The second-order valence-corrected chi connectivity index (χ2v) is 5.77. The molecule has 1 aliphatic heterocycles. The first-order valence-corrected chi connectivity index (χ1v) is 7.77. The molecule has 0 saturated carbocycles. The zero-order valence-electron chi connectivity index (χ0n) is 13.0. The zero-order valence-corrected chi connectivity index (χ0v) is 13.0. The number of nitrogens with zero attached hydrogens (tertiary/aromatic N) is 1. The summed E-state index contributed by atoms with van der Waals surface area (Å²) in [6.07, 6.45) is 2.69. The molecule has 0 spiro atoms. The first-order valence-electron chi connectivity index (χ1n) is 7.77. The van der Waals surface area contributed by atoms with Crippen LogP contribution in [-0.2, 0) is 11.2 Å². The Hall–Kier alpha value is -1.55. The van der Waals surface area contributed by atoms with Crippen LogP contribution in [0.25, 0.3) is 0 Å². The first kappa shape index (κ1) is 15.8.